The van der Waals surface area contributed by atoms with Gasteiger partial charge in [-0.3, -0.25) is 0 Å². The van der Waals surface area contributed by atoms with E-state index in [0.29, 0.717) is 32.1 Å². The van der Waals surface area contributed by atoms with Crippen molar-refractivity contribution in [3.05, 3.63) is 0 Å². The lowest BCUT2D eigenvalue weighted by Gasteiger charge is -2.55. The van der Waals surface area contributed by atoms with Crippen LogP contribution in [0, 0.1) is 11.3 Å². The van der Waals surface area contributed by atoms with Gasteiger partial charge in [0, 0.05) is 50.2 Å². The number of amides is 3. The normalized spacial score (nSPS) is 31.2. The number of nitrogens with zero attached hydrogens (tertiary/aromatic N) is 2. The van der Waals surface area contributed by atoms with Gasteiger partial charge in [0.05, 0.1) is 6.10 Å². The molecule has 0 spiro atoms. The fourth-order valence-corrected chi connectivity index (χ4v) is 4.26. The third-order valence-corrected chi connectivity index (χ3v) is 5.60. The zero-order chi connectivity index (χ0) is 18.4. The molecule has 3 unspecified atom stereocenters. The van der Waals surface area contributed by atoms with Gasteiger partial charge in [0.15, 0.2) is 0 Å². The summed E-state index contributed by atoms with van der Waals surface area (Å²) in [6.07, 6.45) is 0.978. The molecule has 1 N–H and O–H groups in total. The average molecular weight is 353 g/mol. The molecule has 0 radical (unpaired) electrons. The molecule has 3 rings (SSSR count). The maximum atomic E-state index is 12.6. The number of urea groups is 1. The van der Waals surface area contributed by atoms with Crippen molar-refractivity contribution in [2.45, 2.75) is 58.8 Å². The lowest BCUT2D eigenvalue weighted by atomic mass is 9.57. The quantitative estimate of drug-likeness (QED) is 0.783. The monoisotopic (exact) mass is 353 g/mol. The van der Waals surface area contributed by atoms with Gasteiger partial charge in [0.25, 0.3) is 0 Å². The molecule has 1 saturated carbocycles. The first-order valence-electron chi connectivity index (χ1n) is 9.24. The van der Waals surface area contributed by atoms with Crippen LogP contribution in [-0.4, -0.2) is 72.5 Å². The minimum atomic E-state index is -0.499. The highest BCUT2D eigenvalue weighted by Crippen LogP contribution is 2.52. The molecule has 2 saturated heterocycles. The highest BCUT2D eigenvalue weighted by molar-refractivity contribution is 5.75. The lowest BCUT2D eigenvalue weighted by Crippen LogP contribution is -2.68. The summed E-state index contributed by atoms with van der Waals surface area (Å²) in [5, 5.41) is 3.20. The van der Waals surface area contributed by atoms with E-state index in [1.54, 1.807) is 9.80 Å². The first-order chi connectivity index (χ1) is 11.6. The van der Waals surface area contributed by atoms with E-state index in [1.807, 2.05) is 20.8 Å². The van der Waals surface area contributed by atoms with Crippen molar-refractivity contribution in [3.63, 3.8) is 0 Å². The number of hydrogen-bond donors (Lipinski definition) is 1. The fraction of sp³-hybridized carbons (Fsp3) is 0.889. The number of hydrogen-bond acceptors (Lipinski definition) is 4. The van der Waals surface area contributed by atoms with Crippen LogP contribution >= 0.6 is 0 Å². The van der Waals surface area contributed by atoms with E-state index in [1.165, 1.54) is 0 Å². The summed E-state index contributed by atoms with van der Waals surface area (Å²) in [4.78, 5) is 28.2. The number of rotatable bonds is 1. The minimum absolute atomic E-state index is 0.0187. The van der Waals surface area contributed by atoms with Gasteiger partial charge in [-0.2, -0.15) is 0 Å². The molecule has 3 atom stereocenters. The summed E-state index contributed by atoms with van der Waals surface area (Å²) in [6, 6.07) is 0.128. The topological polar surface area (TPSA) is 71.1 Å². The Labute approximate surface area is 150 Å². The number of carbonyl (C=O) groups is 2. The summed E-state index contributed by atoms with van der Waals surface area (Å²) in [5.41, 5.74) is -0.517. The zero-order valence-corrected chi connectivity index (χ0v) is 16.0. The number of piperazine rings is 1. The van der Waals surface area contributed by atoms with Crippen molar-refractivity contribution < 1.29 is 19.1 Å². The van der Waals surface area contributed by atoms with Crippen molar-refractivity contribution in [3.8, 4) is 0 Å². The Bertz CT molecular complexity index is 535. The predicted molar refractivity (Wildman–Crippen MR) is 93.3 cm³/mol. The van der Waals surface area contributed by atoms with Gasteiger partial charge in [-0.1, -0.05) is 13.8 Å². The van der Waals surface area contributed by atoms with E-state index in [0.717, 1.165) is 13.0 Å². The van der Waals surface area contributed by atoms with Crippen LogP contribution in [0.15, 0.2) is 0 Å². The van der Waals surface area contributed by atoms with Gasteiger partial charge in [0.2, 0.25) is 0 Å². The van der Waals surface area contributed by atoms with Crippen LogP contribution in [0.4, 0.5) is 9.59 Å². The summed E-state index contributed by atoms with van der Waals surface area (Å²) < 4.78 is 11.2. The maximum absolute atomic E-state index is 12.6. The molecule has 2 heterocycles. The van der Waals surface area contributed by atoms with E-state index in [-0.39, 0.29) is 29.7 Å². The van der Waals surface area contributed by atoms with E-state index in [4.69, 9.17) is 9.47 Å². The van der Waals surface area contributed by atoms with Crippen molar-refractivity contribution in [1.29, 1.82) is 0 Å². The molecule has 0 bridgehead atoms. The van der Waals surface area contributed by atoms with Crippen LogP contribution in [0.1, 0.15) is 41.0 Å². The molecule has 7 heteroatoms. The SMILES string of the molecule is CC(C)(C)OC(=O)N1CCN(C(=O)NC2C3CCOC3C2(C)C)CC1. The Morgan fingerprint density at radius 1 is 1.12 bits per heavy atom. The Hall–Kier alpha value is -1.50. The van der Waals surface area contributed by atoms with Crippen LogP contribution < -0.4 is 5.32 Å². The predicted octanol–water partition coefficient (Wildman–Crippen LogP) is 2.06. The van der Waals surface area contributed by atoms with Crippen molar-refractivity contribution >= 4 is 12.1 Å². The van der Waals surface area contributed by atoms with Gasteiger partial charge in [-0.15, -0.1) is 0 Å². The molecule has 0 aromatic carbocycles. The molecule has 3 amide bonds. The lowest BCUT2D eigenvalue weighted by molar-refractivity contribution is -0.109. The molecule has 0 aromatic rings. The first kappa shape index (κ1) is 18.3. The van der Waals surface area contributed by atoms with Crippen LogP contribution in [0.5, 0.6) is 0 Å². The van der Waals surface area contributed by atoms with Gasteiger partial charge >= 0.3 is 12.1 Å². The Morgan fingerprint density at radius 2 is 1.72 bits per heavy atom. The summed E-state index contributed by atoms with van der Waals surface area (Å²) >= 11 is 0. The van der Waals surface area contributed by atoms with Crippen LogP contribution in [0.25, 0.3) is 0 Å². The second-order valence-electron chi connectivity index (χ2n) is 8.95. The minimum Gasteiger partial charge on any atom is -0.444 e. The first-order valence-corrected chi connectivity index (χ1v) is 9.24. The molecule has 7 nitrogen and oxygen atoms in total. The zero-order valence-electron chi connectivity index (χ0n) is 16.0. The summed E-state index contributed by atoms with van der Waals surface area (Å²) in [7, 11) is 0. The molecular weight excluding hydrogens is 322 g/mol. The Balaban J connectivity index is 1.48. The van der Waals surface area contributed by atoms with Gasteiger partial charge < -0.3 is 24.6 Å². The highest BCUT2D eigenvalue weighted by atomic mass is 16.6. The number of nitrogens with one attached hydrogen (secondary N) is 1. The van der Waals surface area contributed by atoms with Crippen molar-refractivity contribution in [2.24, 2.45) is 11.3 Å². The van der Waals surface area contributed by atoms with E-state index in [9.17, 15) is 9.59 Å². The highest BCUT2D eigenvalue weighted by Gasteiger charge is 2.60. The largest absolute Gasteiger partial charge is 0.444 e. The molecular formula is C18H31N3O4. The van der Waals surface area contributed by atoms with E-state index < -0.39 is 5.60 Å². The number of fused-ring (bicyclic) bond motifs is 1. The van der Waals surface area contributed by atoms with Gasteiger partial charge in [0.1, 0.15) is 5.60 Å². The third kappa shape index (κ3) is 3.57. The van der Waals surface area contributed by atoms with Crippen LogP contribution in [0.2, 0.25) is 0 Å². The second-order valence-corrected chi connectivity index (χ2v) is 8.95. The molecule has 25 heavy (non-hydrogen) atoms. The molecule has 3 aliphatic rings. The van der Waals surface area contributed by atoms with Crippen molar-refractivity contribution in [1.82, 2.24) is 15.1 Å². The number of ether oxygens (including phenoxy) is 2. The molecule has 1 aliphatic carbocycles. The maximum Gasteiger partial charge on any atom is 0.410 e. The van der Waals surface area contributed by atoms with E-state index >= 15 is 0 Å². The Kier molecular flexibility index (Phi) is 4.64. The average Bonchev–Trinajstić information content (AvgIpc) is 2.98. The molecule has 2 aliphatic heterocycles. The summed E-state index contributed by atoms with van der Waals surface area (Å²) in [6.45, 7) is 12.7. The number of carbonyl (C=O) groups excluding carboxylic acids is 2. The fourth-order valence-electron chi connectivity index (χ4n) is 4.26. The molecule has 0 aromatic heterocycles. The van der Waals surface area contributed by atoms with E-state index in [2.05, 4.69) is 19.2 Å². The van der Waals surface area contributed by atoms with Gasteiger partial charge in [-0.05, 0) is 27.2 Å². The molecule has 142 valence electrons. The second kappa shape index (κ2) is 6.34. The van der Waals surface area contributed by atoms with Crippen LogP contribution in [-0.2, 0) is 9.47 Å². The summed E-state index contributed by atoms with van der Waals surface area (Å²) in [5.74, 6) is 0.432. The van der Waals surface area contributed by atoms with Crippen molar-refractivity contribution in [2.75, 3.05) is 32.8 Å². The molecule has 3 fully saturated rings. The standard InChI is InChI=1S/C18H31N3O4/c1-17(2,3)25-16(23)21-9-7-20(8-10-21)15(22)19-13-12-6-11-24-14(12)18(13,4)5/h12-14H,6-11H2,1-5H3,(H,19,22). The third-order valence-electron chi connectivity index (χ3n) is 5.60. The van der Waals surface area contributed by atoms with Crippen LogP contribution in [0.3, 0.4) is 0 Å². The Morgan fingerprint density at radius 3 is 2.32 bits per heavy atom. The van der Waals surface area contributed by atoms with Gasteiger partial charge in [-0.25, -0.2) is 9.59 Å². The smallest absolute Gasteiger partial charge is 0.410 e.